The van der Waals surface area contributed by atoms with Crippen molar-refractivity contribution in [1.29, 1.82) is 0 Å². The molecule has 1 amide bonds. The van der Waals surface area contributed by atoms with Gasteiger partial charge in [0, 0.05) is 32.4 Å². The summed E-state index contributed by atoms with van der Waals surface area (Å²) in [5.41, 5.74) is 0. The molecular formula is C10H13N3O3. The van der Waals surface area contributed by atoms with Gasteiger partial charge in [0.2, 0.25) is 11.9 Å². The first-order valence-corrected chi connectivity index (χ1v) is 4.99. The Bertz CT molecular complexity index is 427. The Morgan fingerprint density at radius 3 is 2.94 bits per heavy atom. The van der Waals surface area contributed by atoms with Crippen molar-refractivity contribution in [2.45, 2.75) is 6.42 Å². The lowest BCUT2D eigenvalue weighted by molar-refractivity contribution is -0.145. The molecule has 1 aromatic rings. The van der Waals surface area contributed by atoms with Crippen molar-refractivity contribution in [2.24, 2.45) is 13.0 Å². The van der Waals surface area contributed by atoms with Gasteiger partial charge in [0.05, 0.1) is 13.0 Å². The summed E-state index contributed by atoms with van der Waals surface area (Å²) < 4.78 is 6.38. The summed E-state index contributed by atoms with van der Waals surface area (Å²) in [7, 11) is 3.14. The second-order valence-electron chi connectivity index (χ2n) is 3.77. The second-order valence-corrected chi connectivity index (χ2v) is 3.77. The number of anilines is 1. The van der Waals surface area contributed by atoms with Crippen LogP contribution in [0.3, 0.4) is 0 Å². The zero-order chi connectivity index (χ0) is 11.7. The lowest BCUT2D eigenvalue weighted by Crippen LogP contribution is -2.28. The molecule has 0 aliphatic carbocycles. The number of rotatable bonds is 2. The van der Waals surface area contributed by atoms with Crippen LogP contribution in [-0.4, -0.2) is 35.1 Å². The Hall–Kier alpha value is -1.85. The lowest BCUT2D eigenvalue weighted by atomic mass is 10.1. The summed E-state index contributed by atoms with van der Waals surface area (Å²) in [6.45, 7) is 0.344. The fourth-order valence-electron chi connectivity index (χ4n) is 1.84. The molecule has 1 aliphatic heterocycles. The van der Waals surface area contributed by atoms with E-state index in [9.17, 15) is 9.59 Å². The quantitative estimate of drug-likeness (QED) is 0.659. The van der Waals surface area contributed by atoms with Crippen molar-refractivity contribution >= 4 is 17.8 Å². The minimum atomic E-state index is -0.380. The number of aromatic nitrogens is 2. The molecule has 1 fully saturated rings. The summed E-state index contributed by atoms with van der Waals surface area (Å²) in [6, 6.07) is 0. The molecule has 1 aromatic heterocycles. The maximum absolute atomic E-state index is 11.7. The Morgan fingerprint density at radius 2 is 2.38 bits per heavy atom. The number of hydrogen-bond acceptors (Lipinski definition) is 4. The van der Waals surface area contributed by atoms with Gasteiger partial charge < -0.3 is 9.30 Å². The molecule has 0 bridgehead atoms. The van der Waals surface area contributed by atoms with Crippen molar-refractivity contribution in [3.8, 4) is 0 Å². The molecule has 1 unspecified atom stereocenters. The van der Waals surface area contributed by atoms with Gasteiger partial charge in [-0.2, -0.15) is 0 Å². The topological polar surface area (TPSA) is 64.4 Å². The zero-order valence-electron chi connectivity index (χ0n) is 9.21. The number of esters is 1. The molecule has 0 aromatic carbocycles. The third-order valence-corrected chi connectivity index (χ3v) is 2.70. The number of amides is 1. The van der Waals surface area contributed by atoms with Crippen LogP contribution in [0.5, 0.6) is 0 Å². The molecule has 0 spiro atoms. The molecule has 2 heterocycles. The van der Waals surface area contributed by atoms with E-state index in [0.717, 1.165) is 0 Å². The molecule has 0 radical (unpaired) electrons. The number of hydrogen-bond donors (Lipinski definition) is 0. The highest BCUT2D eigenvalue weighted by Crippen LogP contribution is 2.23. The Kier molecular flexibility index (Phi) is 2.64. The summed E-state index contributed by atoms with van der Waals surface area (Å²) in [5, 5.41) is 0. The van der Waals surface area contributed by atoms with E-state index in [1.165, 1.54) is 12.0 Å². The molecule has 1 aliphatic rings. The minimum Gasteiger partial charge on any atom is -0.469 e. The first-order valence-electron chi connectivity index (χ1n) is 4.99. The second kappa shape index (κ2) is 3.96. The van der Waals surface area contributed by atoms with Gasteiger partial charge in [0.15, 0.2) is 0 Å². The van der Waals surface area contributed by atoms with E-state index < -0.39 is 0 Å². The first kappa shape index (κ1) is 10.7. The average molecular weight is 223 g/mol. The van der Waals surface area contributed by atoms with Crippen LogP contribution in [0.2, 0.25) is 0 Å². The predicted molar refractivity (Wildman–Crippen MR) is 55.7 cm³/mol. The van der Waals surface area contributed by atoms with Gasteiger partial charge in [0.25, 0.3) is 0 Å². The predicted octanol–water partition coefficient (Wildman–Crippen LogP) is -0.0540. The maximum atomic E-state index is 11.7. The third-order valence-electron chi connectivity index (χ3n) is 2.70. The van der Waals surface area contributed by atoms with Crippen LogP contribution in [0.4, 0.5) is 5.95 Å². The number of ether oxygens (including phenoxy) is 1. The molecule has 2 rings (SSSR count). The fourth-order valence-corrected chi connectivity index (χ4v) is 1.84. The lowest BCUT2D eigenvalue weighted by Gasteiger charge is -2.14. The highest BCUT2D eigenvalue weighted by atomic mass is 16.5. The van der Waals surface area contributed by atoms with Gasteiger partial charge in [-0.1, -0.05) is 0 Å². The van der Waals surface area contributed by atoms with E-state index in [0.29, 0.717) is 12.5 Å². The molecule has 16 heavy (non-hydrogen) atoms. The summed E-state index contributed by atoms with van der Waals surface area (Å²) in [5.74, 6) is -0.250. The molecule has 0 saturated carbocycles. The van der Waals surface area contributed by atoms with Crippen molar-refractivity contribution in [1.82, 2.24) is 9.55 Å². The maximum Gasteiger partial charge on any atom is 0.311 e. The molecule has 6 heteroatoms. The average Bonchev–Trinajstić information content (AvgIpc) is 2.83. The van der Waals surface area contributed by atoms with E-state index >= 15 is 0 Å². The van der Waals surface area contributed by atoms with Crippen LogP contribution < -0.4 is 4.90 Å². The van der Waals surface area contributed by atoms with E-state index in [4.69, 9.17) is 0 Å². The number of methoxy groups -OCH3 is 1. The zero-order valence-corrected chi connectivity index (χ0v) is 9.21. The number of imidazole rings is 1. The van der Waals surface area contributed by atoms with Crippen molar-refractivity contribution in [3.05, 3.63) is 12.4 Å². The van der Waals surface area contributed by atoms with Crippen molar-refractivity contribution in [2.75, 3.05) is 18.6 Å². The molecular weight excluding hydrogens is 210 g/mol. The molecule has 1 atom stereocenters. The molecule has 6 nitrogen and oxygen atoms in total. The monoisotopic (exact) mass is 223 g/mol. The van der Waals surface area contributed by atoms with Crippen LogP contribution in [0, 0.1) is 5.92 Å². The van der Waals surface area contributed by atoms with E-state index in [1.54, 1.807) is 24.0 Å². The number of aryl methyl sites for hydroxylation is 1. The number of nitrogens with zero attached hydrogens (tertiary/aromatic N) is 3. The van der Waals surface area contributed by atoms with E-state index in [1.807, 2.05) is 0 Å². The molecule has 86 valence electrons. The third kappa shape index (κ3) is 1.66. The largest absolute Gasteiger partial charge is 0.469 e. The summed E-state index contributed by atoms with van der Waals surface area (Å²) in [6.07, 6.45) is 3.57. The minimum absolute atomic E-state index is 0.0929. The molecule has 1 saturated heterocycles. The van der Waals surface area contributed by atoms with Gasteiger partial charge >= 0.3 is 5.97 Å². The van der Waals surface area contributed by atoms with Crippen LogP contribution in [0.25, 0.3) is 0 Å². The van der Waals surface area contributed by atoms with Gasteiger partial charge in [-0.15, -0.1) is 0 Å². The summed E-state index contributed by atoms with van der Waals surface area (Å²) in [4.78, 5) is 28.7. The fraction of sp³-hybridized carbons (Fsp3) is 0.500. The highest BCUT2D eigenvalue weighted by molar-refractivity contribution is 5.98. The Balaban J connectivity index is 2.17. The van der Waals surface area contributed by atoms with Crippen LogP contribution >= 0.6 is 0 Å². The SMILES string of the molecule is COC(=O)C1CC(=O)N(c2nccn2C)C1. The van der Waals surface area contributed by atoms with Crippen LogP contribution in [0.15, 0.2) is 12.4 Å². The van der Waals surface area contributed by atoms with Gasteiger partial charge in [0.1, 0.15) is 0 Å². The highest BCUT2D eigenvalue weighted by Gasteiger charge is 2.37. The van der Waals surface area contributed by atoms with Gasteiger partial charge in [-0.3, -0.25) is 14.5 Å². The van der Waals surface area contributed by atoms with E-state index in [-0.39, 0.29) is 24.2 Å². The standard InChI is InChI=1S/C10H13N3O3/c1-12-4-3-11-10(12)13-6-7(5-8(13)14)9(15)16-2/h3-4,7H,5-6H2,1-2H3. The summed E-state index contributed by atoms with van der Waals surface area (Å²) >= 11 is 0. The number of carbonyl (C=O) groups is 2. The van der Waals surface area contributed by atoms with Gasteiger partial charge in [-0.05, 0) is 0 Å². The molecule has 0 N–H and O–H groups in total. The first-order chi connectivity index (χ1) is 7.63. The normalized spacial score (nSPS) is 20.2. The number of carbonyl (C=O) groups excluding carboxylic acids is 2. The van der Waals surface area contributed by atoms with Crippen LogP contribution in [-0.2, 0) is 21.4 Å². The smallest absolute Gasteiger partial charge is 0.311 e. The van der Waals surface area contributed by atoms with Crippen LogP contribution in [0.1, 0.15) is 6.42 Å². The van der Waals surface area contributed by atoms with Crippen molar-refractivity contribution in [3.63, 3.8) is 0 Å². The van der Waals surface area contributed by atoms with E-state index in [2.05, 4.69) is 9.72 Å². The van der Waals surface area contributed by atoms with Crippen molar-refractivity contribution < 1.29 is 14.3 Å². The Labute approximate surface area is 92.8 Å². The van der Waals surface area contributed by atoms with Gasteiger partial charge in [-0.25, -0.2) is 4.98 Å². The Morgan fingerprint density at radius 1 is 1.62 bits per heavy atom.